The van der Waals surface area contributed by atoms with E-state index < -0.39 is 17.7 Å². The third kappa shape index (κ3) is 3.05. The molecule has 1 N–H and O–H groups in total. The fraction of sp³-hybridized carbons (Fsp3) is 0. The first-order valence-corrected chi connectivity index (χ1v) is 9.13. The largest absolute Gasteiger partial charge is 0.478 e. The first kappa shape index (κ1) is 19.5. The average Bonchev–Trinajstić information content (AvgIpc) is 3.12. The molecule has 4 rings (SSSR count). The number of fused-ring (bicyclic) bond motifs is 1. The van der Waals surface area contributed by atoms with E-state index in [2.05, 4.69) is 16.7 Å². The van der Waals surface area contributed by atoms with Crippen LogP contribution in [0.2, 0.25) is 5.02 Å². The van der Waals surface area contributed by atoms with Crippen molar-refractivity contribution >= 4 is 40.6 Å². The van der Waals surface area contributed by atoms with Gasteiger partial charge in [-0.25, -0.2) is 9.18 Å². The maximum Gasteiger partial charge on any atom is 0.336 e. The Morgan fingerprint density at radius 1 is 1.13 bits per heavy atom. The van der Waals surface area contributed by atoms with Crippen molar-refractivity contribution in [3.63, 3.8) is 0 Å². The van der Waals surface area contributed by atoms with E-state index in [-0.39, 0.29) is 38.4 Å². The highest BCUT2D eigenvalue weighted by Gasteiger charge is 2.26. The molecule has 0 aliphatic heterocycles. The van der Waals surface area contributed by atoms with Crippen LogP contribution < -0.4 is 0 Å². The average molecular weight is 422 g/mol. The van der Waals surface area contributed by atoms with Crippen molar-refractivity contribution in [1.82, 2.24) is 14.8 Å². The third-order valence-corrected chi connectivity index (χ3v) is 4.91. The molecule has 0 atom stereocenters. The second kappa shape index (κ2) is 7.53. The van der Waals surface area contributed by atoms with Crippen molar-refractivity contribution in [2.45, 2.75) is 0 Å². The summed E-state index contributed by atoms with van der Waals surface area (Å²) in [5, 5.41) is 14.0. The molecule has 0 fully saturated rings. The molecule has 0 bridgehead atoms. The van der Waals surface area contributed by atoms with Gasteiger partial charge in [0.15, 0.2) is 0 Å². The fourth-order valence-electron chi connectivity index (χ4n) is 3.26. The molecule has 0 amide bonds. The van der Waals surface area contributed by atoms with Crippen LogP contribution in [0.4, 0.5) is 4.39 Å². The number of rotatable bonds is 4. The molecule has 0 saturated heterocycles. The normalized spacial score (nSPS) is 10.9. The first-order valence-electron chi connectivity index (χ1n) is 8.75. The Morgan fingerprint density at radius 2 is 1.90 bits per heavy atom. The molecule has 0 spiro atoms. The number of halogens is 2. The van der Waals surface area contributed by atoms with Gasteiger partial charge in [-0.15, -0.1) is 0 Å². The molecular formula is C22H13ClFN3O3. The quantitative estimate of drug-likeness (QED) is 0.505. The number of aromatic nitrogens is 3. The third-order valence-electron chi connectivity index (χ3n) is 4.59. The molecule has 0 aliphatic carbocycles. The predicted octanol–water partition coefficient (Wildman–Crippen LogP) is 4.92. The minimum absolute atomic E-state index is 0.0540. The lowest BCUT2D eigenvalue weighted by atomic mass is 10.0. The summed E-state index contributed by atoms with van der Waals surface area (Å²) < 4.78 is 15.7. The number of carboxylic acids is 1. The number of carbonyl (C=O) groups excluding carboxylic acids is 1. The second-order valence-corrected chi connectivity index (χ2v) is 6.72. The van der Waals surface area contributed by atoms with Crippen molar-refractivity contribution in [1.29, 1.82) is 0 Å². The number of pyridine rings is 1. The van der Waals surface area contributed by atoms with Crippen LogP contribution in [0, 0.1) is 5.82 Å². The molecule has 6 nitrogen and oxygen atoms in total. The highest BCUT2D eigenvalue weighted by molar-refractivity contribution is 6.34. The van der Waals surface area contributed by atoms with Crippen LogP contribution in [0.3, 0.4) is 0 Å². The first-order chi connectivity index (χ1) is 14.4. The van der Waals surface area contributed by atoms with Crippen molar-refractivity contribution < 1.29 is 19.1 Å². The molecule has 148 valence electrons. The molecule has 4 aromatic rings. The lowest BCUT2D eigenvalue weighted by Crippen LogP contribution is -2.15. The summed E-state index contributed by atoms with van der Waals surface area (Å²) in [5.74, 6) is -2.69. The van der Waals surface area contributed by atoms with Gasteiger partial charge in [0.05, 0.1) is 27.2 Å². The van der Waals surface area contributed by atoms with Gasteiger partial charge in [0.2, 0.25) is 0 Å². The van der Waals surface area contributed by atoms with Crippen LogP contribution in [-0.2, 0) is 0 Å². The molecule has 2 heterocycles. The zero-order chi connectivity index (χ0) is 21.4. The molecule has 0 aliphatic rings. The van der Waals surface area contributed by atoms with Crippen LogP contribution in [0.15, 0.2) is 61.3 Å². The number of carboxylic acid groups (broad SMARTS) is 1. The summed E-state index contributed by atoms with van der Waals surface area (Å²) in [6, 6.07) is 11.8. The maximum atomic E-state index is 14.7. The SMILES string of the molecule is C=Cc1cccc(Cl)c1C(=O)n1nc(-c2c(F)cccc2C(=O)O)c2ncccc21. The Kier molecular flexibility index (Phi) is 4.89. The van der Waals surface area contributed by atoms with E-state index in [1.165, 1.54) is 24.4 Å². The standard InChI is InChI=1S/C22H13ClFN3O3/c1-2-12-6-3-8-14(23)17(12)21(28)27-16-10-5-11-25-19(16)20(26-27)18-13(22(29)30)7-4-9-15(18)24/h2-11H,1H2,(H,29,30). The lowest BCUT2D eigenvalue weighted by molar-refractivity contribution is 0.0697. The molecular weight excluding hydrogens is 409 g/mol. The van der Waals surface area contributed by atoms with Gasteiger partial charge < -0.3 is 5.11 Å². The Morgan fingerprint density at radius 3 is 2.63 bits per heavy atom. The molecule has 2 aromatic carbocycles. The summed E-state index contributed by atoms with van der Waals surface area (Å²) in [6.07, 6.45) is 2.94. The van der Waals surface area contributed by atoms with Crippen molar-refractivity contribution in [2.24, 2.45) is 0 Å². The number of nitrogens with zero attached hydrogens (tertiary/aromatic N) is 3. The lowest BCUT2D eigenvalue weighted by Gasteiger charge is -2.08. The van der Waals surface area contributed by atoms with Crippen LogP contribution in [0.1, 0.15) is 26.3 Å². The molecule has 0 radical (unpaired) electrons. The van der Waals surface area contributed by atoms with Gasteiger partial charge in [-0.1, -0.05) is 42.5 Å². The number of hydrogen-bond donors (Lipinski definition) is 1. The minimum Gasteiger partial charge on any atom is -0.478 e. The minimum atomic E-state index is -1.32. The summed E-state index contributed by atoms with van der Waals surface area (Å²) in [4.78, 5) is 29.2. The summed E-state index contributed by atoms with van der Waals surface area (Å²) in [5.41, 5.74) is 0.548. The Balaban J connectivity index is 2.03. The maximum absolute atomic E-state index is 14.7. The zero-order valence-corrected chi connectivity index (χ0v) is 16.1. The second-order valence-electron chi connectivity index (χ2n) is 6.31. The van der Waals surface area contributed by atoms with E-state index in [0.717, 1.165) is 10.7 Å². The topological polar surface area (TPSA) is 85.1 Å². The Bertz CT molecular complexity index is 1350. The van der Waals surface area contributed by atoms with Gasteiger partial charge >= 0.3 is 5.97 Å². The molecule has 2 aromatic heterocycles. The van der Waals surface area contributed by atoms with E-state index in [0.29, 0.717) is 5.56 Å². The molecule has 0 unspecified atom stereocenters. The highest BCUT2D eigenvalue weighted by atomic mass is 35.5. The molecule has 0 saturated carbocycles. The van der Waals surface area contributed by atoms with Gasteiger partial charge in [-0.2, -0.15) is 9.78 Å². The van der Waals surface area contributed by atoms with E-state index >= 15 is 0 Å². The Labute approximate surface area is 174 Å². The summed E-state index contributed by atoms with van der Waals surface area (Å²) in [7, 11) is 0. The highest BCUT2D eigenvalue weighted by Crippen LogP contribution is 2.32. The fourth-order valence-corrected chi connectivity index (χ4v) is 3.52. The zero-order valence-electron chi connectivity index (χ0n) is 15.3. The molecule has 8 heteroatoms. The van der Waals surface area contributed by atoms with E-state index in [9.17, 15) is 19.1 Å². The molecule has 30 heavy (non-hydrogen) atoms. The van der Waals surface area contributed by atoms with Crippen molar-refractivity contribution in [3.8, 4) is 11.3 Å². The number of hydrogen-bond acceptors (Lipinski definition) is 4. The van der Waals surface area contributed by atoms with E-state index in [4.69, 9.17) is 11.6 Å². The van der Waals surface area contributed by atoms with Crippen LogP contribution in [0.5, 0.6) is 0 Å². The summed E-state index contributed by atoms with van der Waals surface area (Å²) >= 11 is 6.26. The number of aromatic carboxylic acids is 1. The van der Waals surface area contributed by atoms with Crippen LogP contribution >= 0.6 is 11.6 Å². The van der Waals surface area contributed by atoms with Gasteiger partial charge in [0, 0.05) is 6.20 Å². The van der Waals surface area contributed by atoms with Crippen LogP contribution in [0.25, 0.3) is 28.4 Å². The van der Waals surface area contributed by atoms with Gasteiger partial charge in [0.25, 0.3) is 5.91 Å². The van der Waals surface area contributed by atoms with Crippen molar-refractivity contribution in [3.05, 3.63) is 88.8 Å². The monoisotopic (exact) mass is 421 g/mol. The smallest absolute Gasteiger partial charge is 0.336 e. The van der Waals surface area contributed by atoms with E-state index in [1.807, 2.05) is 0 Å². The van der Waals surface area contributed by atoms with Gasteiger partial charge in [-0.05, 0) is 35.9 Å². The van der Waals surface area contributed by atoms with Gasteiger partial charge in [0.1, 0.15) is 17.0 Å². The number of benzene rings is 2. The van der Waals surface area contributed by atoms with Crippen molar-refractivity contribution in [2.75, 3.05) is 0 Å². The van der Waals surface area contributed by atoms with Crippen LogP contribution in [-0.4, -0.2) is 31.7 Å². The summed E-state index contributed by atoms with van der Waals surface area (Å²) in [6.45, 7) is 3.70. The number of carbonyl (C=O) groups is 2. The Hall–Kier alpha value is -3.84. The van der Waals surface area contributed by atoms with Gasteiger partial charge in [-0.3, -0.25) is 9.78 Å². The predicted molar refractivity (Wildman–Crippen MR) is 111 cm³/mol. The van der Waals surface area contributed by atoms with E-state index in [1.54, 1.807) is 30.3 Å².